The zero-order valence-corrected chi connectivity index (χ0v) is 10.9. The van der Waals surface area contributed by atoms with Gasteiger partial charge in [0.1, 0.15) is 0 Å². The van der Waals surface area contributed by atoms with Crippen molar-refractivity contribution >= 4 is 28.8 Å². The van der Waals surface area contributed by atoms with Crippen molar-refractivity contribution < 1.29 is 19.4 Å². The van der Waals surface area contributed by atoms with E-state index in [1.807, 2.05) is 42.5 Å². The summed E-state index contributed by atoms with van der Waals surface area (Å²) in [6.45, 7) is 0. The van der Waals surface area contributed by atoms with E-state index in [0.717, 1.165) is 16.3 Å². The molecule has 0 bridgehead atoms. The molecule has 1 atom stereocenters. The summed E-state index contributed by atoms with van der Waals surface area (Å²) in [5.41, 5.74) is 0.859. The maximum atomic E-state index is 11.4. The fraction of sp³-hybridized carbons (Fsp3) is 0.125. The van der Waals surface area contributed by atoms with Gasteiger partial charge in [-0.05, 0) is 16.3 Å². The Kier molecular flexibility index (Phi) is 4.15. The van der Waals surface area contributed by atoms with E-state index in [2.05, 4.69) is 4.74 Å². The first kappa shape index (κ1) is 13.8. The van der Waals surface area contributed by atoms with Crippen LogP contribution in [0.15, 0.2) is 48.5 Å². The highest BCUT2D eigenvalue weighted by Gasteiger charge is 2.23. The number of carboxylic acid groups (broad SMARTS) is 1. The van der Waals surface area contributed by atoms with Crippen LogP contribution >= 0.6 is 0 Å². The molecule has 4 nitrogen and oxygen atoms in total. The maximum Gasteiger partial charge on any atom is 0.323 e. The van der Waals surface area contributed by atoms with Gasteiger partial charge < -0.3 is 9.84 Å². The second-order valence-corrected chi connectivity index (χ2v) is 4.27. The number of fused-ring (bicyclic) bond motifs is 1. The predicted octanol–water partition coefficient (Wildman–Crippen LogP) is 2.73. The zero-order valence-electron chi connectivity index (χ0n) is 10.9. The third-order valence-electron chi connectivity index (χ3n) is 3.01. The second-order valence-electron chi connectivity index (χ2n) is 4.27. The molecule has 0 radical (unpaired) electrons. The Morgan fingerprint density at radius 3 is 2.55 bits per heavy atom. The standard InChI is InChI=1S/C16H14O4/c1-20-16(19)14(15(17)18)10-9-12-7-4-6-11-5-2-3-8-13(11)12/h2-10,14H,1H3,(H,17,18). The Balaban J connectivity index is 2.38. The fourth-order valence-corrected chi connectivity index (χ4v) is 1.98. The van der Waals surface area contributed by atoms with Gasteiger partial charge in [-0.15, -0.1) is 0 Å². The Hall–Kier alpha value is -2.62. The van der Waals surface area contributed by atoms with Crippen LogP contribution in [0.3, 0.4) is 0 Å². The molecule has 0 amide bonds. The Labute approximate surface area is 116 Å². The first-order valence-electron chi connectivity index (χ1n) is 6.10. The summed E-state index contributed by atoms with van der Waals surface area (Å²) in [5, 5.41) is 11.1. The number of rotatable bonds is 4. The molecule has 0 aliphatic heterocycles. The van der Waals surface area contributed by atoms with Crippen LogP contribution in [-0.2, 0) is 14.3 Å². The van der Waals surface area contributed by atoms with E-state index in [0.29, 0.717) is 0 Å². The highest BCUT2D eigenvalue weighted by atomic mass is 16.5. The van der Waals surface area contributed by atoms with Crippen molar-refractivity contribution in [1.29, 1.82) is 0 Å². The molecule has 0 aromatic heterocycles. The van der Waals surface area contributed by atoms with Crippen molar-refractivity contribution in [1.82, 2.24) is 0 Å². The van der Waals surface area contributed by atoms with Gasteiger partial charge in [-0.2, -0.15) is 0 Å². The summed E-state index contributed by atoms with van der Waals surface area (Å²) in [7, 11) is 1.17. The van der Waals surface area contributed by atoms with Crippen LogP contribution in [0.2, 0.25) is 0 Å². The molecule has 0 saturated carbocycles. The summed E-state index contributed by atoms with van der Waals surface area (Å²) in [5.74, 6) is -3.30. The third kappa shape index (κ3) is 2.85. The zero-order chi connectivity index (χ0) is 14.5. The van der Waals surface area contributed by atoms with Gasteiger partial charge in [0.2, 0.25) is 0 Å². The van der Waals surface area contributed by atoms with Gasteiger partial charge in [0.25, 0.3) is 0 Å². The molecule has 0 saturated heterocycles. The number of aliphatic carboxylic acids is 1. The van der Waals surface area contributed by atoms with Crippen molar-refractivity contribution in [3.63, 3.8) is 0 Å². The lowest BCUT2D eigenvalue weighted by Gasteiger charge is -2.05. The number of carboxylic acids is 1. The third-order valence-corrected chi connectivity index (χ3v) is 3.01. The van der Waals surface area contributed by atoms with Crippen molar-refractivity contribution in [2.75, 3.05) is 7.11 Å². The minimum absolute atomic E-state index is 0.783. The molecule has 1 unspecified atom stereocenters. The molecular formula is C16H14O4. The van der Waals surface area contributed by atoms with Crippen molar-refractivity contribution in [2.24, 2.45) is 5.92 Å². The molecular weight excluding hydrogens is 256 g/mol. The predicted molar refractivity (Wildman–Crippen MR) is 76.1 cm³/mol. The second kappa shape index (κ2) is 6.02. The van der Waals surface area contributed by atoms with Crippen LogP contribution in [0, 0.1) is 5.92 Å². The molecule has 102 valence electrons. The summed E-state index contributed by atoms with van der Waals surface area (Å²) >= 11 is 0. The lowest BCUT2D eigenvalue weighted by molar-refractivity contribution is -0.154. The van der Waals surface area contributed by atoms with E-state index in [1.54, 1.807) is 6.08 Å². The minimum Gasteiger partial charge on any atom is -0.480 e. The van der Waals surface area contributed by atoms with Crippen LogP contribution in [0.5, 0.6) is 0 Å². The van der Waals surface area contributed by atoms with E-state index >= 15 is 0 Å². The van der Waals surface area contributed by atoms with E-state index in [-0.39, 0.29) is 0 Å². The molecule has 2 rings (SSSR count). The number of hydrogen-bond acceptors (Lipinski definition) is 3. The van der Waals surface area contributed by atoms with E-state index < -0.39 is 17.9 Å². The monoisotopic (exact) mass is 270 g/mol. The lowest BCUT2D eigenvalue weighted by atomic mass is 10.0. The van der Waals surface area contributed by atoms with Crippen molar-refractivity contribution in [3.05, 3.63) is 54.1 Å². The van der Waals surface area contributed by atoms with Gasteiger partial charge in [-0.1, -0.05) is 54.6 Å². The lowest BCUT2D eigenvalue weighted by Crippen LogP contribution is -2.22. The normalized spacial score (nSPS) is 12.4. The largest absolute Gasteiger partial charge is 0.480 e. The van der Waals surface area contributed by atoms with Crippen LogP contribution < -0.4 is 0 Å². The van der Waals surface area contributed by atoms with Gasteiger partial charge in [-0.25, -0.2) is 0 Å². The number of ether oxygens (including phenoxy) is 1. The van der Waals surface area contributed by atoms with Gasteiger partial charge >= 0.3 is 11.9 Å². The number of hydrogen-bond donors (Lipinski definition) is 1. The number of methoxy groups -OCH3 is 1. The molecule has 0 heterocycles. The van der Waals surface area contributed by atoms with Crippen molar-refractivity contribution in [3.8, 4) is 0 Å². The number of carbonyl (C=O) groups is 2. The smallest absolute Gasteiger partial charge is 0.323 e. The average molecular weight is 270 g/mol. The number of esters is 1. The highest BCUT2D eigenvalue weighted by molar-refractivity contribution is 5.98. The number of carbonyl (C=O) groups excluding carboxylic acids is 1. The molecule has 2 aromatic rings. The molecule has 0 spiro atoms. The molecule has 0 fully saturated rings. The fourth-order valence-electron chi connectivity index (χ4n) is 1.98. The van der Waals surface area contributed by atoms with Crippen molar-refractivity contribution in [2.45, 2.75) is 0 Å². The minimum atomic E-state index is -1.29. The summed E-state index contributed by atoms with van der Waals surface area (Å²) < 4.78 is 4.48. The van der Waals surface area contributed by atoms with E-state index in [1.165, 1.54) is 13.2 Å². The first-order chi connectivity index (χ1) is 9.63. The average Bonchev–Trinajstić information content (AvgIpc) is 2.47. The van der Waals surface area contributed by atoms with Crippen LogP contribution in [-0.4, -0.2) is 24.2 Å². The molecule has 0 aliphatic carbocycles. The molecule has 1 N–H and O–H groups in total. The van der Waals surface area contributed by atoms with Crippen LogP contribution in [0.1, 0.15) is 5.56 Å². The Morgan fingerprint density at radius 2 is 1.85 bits per heavy atom. The number of benzene rings is 2. The summed E-state index contributed by atoms with van der Waals surface area (Å²) in [4.78, 5) is 22.4. The SMILES string of the molecule is COC(=O)C(C=Cc1cccc2ccccc12)C(=O)O. The summed E-state index contributed by atoms with van der Waals surface area (Å²) in [6.07, 6.45) is 2.98. The summed E-state index contributed by atoms with van der Waals surface area (Å²) in [6, 6.07) is 13.5. The van der Waals surface area contributed by atoms with Gasteiger partial charge in [0, 0.05) is 0 Å². The van der Waals surface area contributed by atoms with Crippen LogP contribution in [0.25, 0.3) is 16.8 Å². The van der Waals surface area contributed by atoms with Crippen LogP contribution in [0.4, 0.5) is 0 Å². The quantitative estimate of drug-likeness (QED) is 0.685. The maximum absolute atomic E-state index is 11.4. The van der Waals surface area contributed by atoms with Gasteiger partial charge in [0.15, 0.2) is 5.92 Å². The molecule has 4 heteroatoms. The first-order valence-corrected chi connectivity index (χ1v) is 6.10. The molecule has 0 aliphatic rings. The highest BCUT2D eigenvalue weighted by Crippen LogP contribution is 2.20. The van der Waals surface area contributed by atoms with E-state index in [9.17, 15) is 9.59 Å². The van der Waals surface area contributed by atoms with E-state index in [4.69, 9.17) is 5.11 Å². The van der Waals surface area contributed by atoms with Gasteiger partial charge in [-0.3, -0.25) is 9.59 Å². The molecule has 2 aromatic carbocycles. The Bertz CT molecular complexity index is 668. The molecule has 20 heavy (non-hydrogen) atoms. The Morgan fingerprint density at radius 1 is 1.15 bits per heavy atom. The van der Waals surface area contributed by atoms with Gasteiger partial charge in [0.05, 0.1) is 7.11 Å². The topological polar surface area (TPSA) is 63.6 Å².